The van der Waals surface area contributed by atoms with Crippen LogP contribution in [0.25, 0.3) is 0 Å². The van der Waals surface area contributed by atoms with Crippen molar-refractivity contribution < 1.29 is 22.7 Å². The first kappa shape index (κ1) is 29.6. The number of anilines is 2. The van der Waals surface area contributed by atoms with Gasteiger partial charge in [0.2, 0.25) is 11.8 Å². The van der Waals surface area contributed by atoms with Crippen LogP contribution in [0.2, 0.25) is 10.0 Å². The summed E-state index contributed by atoms with van der Waals surface area (Å²) in [6.45, 7) is 1.28. The maximum atomic E-state index is 13.5. The number of hydrogen-bond acceptors (Lipinski definition) is 6. The third kappa shape index (κ3) is 8.29. The van der Waals surface area contributed by atoms with E-state index < -0.39 is 22.5 Å². The van der Waals surface area contributed by atoms with E-state index in [1.807, 2.05) is 6.07 Å². The standard InChI is InChI=1S/C26H27Cl2N3O5S2/c1-18(32)30-21-5-11-24(12-6-21)38(34,35)31(22-7-9-23(36-2)10-8-22)16-26(33)29-13-14-37-17-19-3-4-20(27)15-25(19)28/h3-12,15H,13-14,16-17H2,1-2H3,(H,29,33)(H,30,32). The SMILES string of the molecule is COc1ccc(N(CC(=O)NCCSCc2ccc(Cl)cc2Cl)S(=O)(=O)c2ccc(NC(C)=O)cc2)cc1. The van der Waals surface area contributed by atoms with E-state index in [0.717, 1.165) is 9.87 Å². The van der Waals surface area contributed by atoms with Crippen molar-refractivity contribution in [3.05, 3.63) is 82.3 Å². The van der Waals surface area contributed by atoms with Crippen molar-refractivity contribution >= 4 is 68.2 Å². The molecule has 2 N–H and O–H groups in total. The largest absolute Gasteiger partial charge is 0.497 e. The van der Waals surface area contributed by atoms with E-state index in [1.54, 1.807) is 48.2 Å². The third-order valence-corrected chi connectivity index (χ3v) is 8.63. The van der Waals surface area contributed by atoms with E-state index in [1.165, 1.54) is 38.3 Å². The molecule has 0 aliphatic rings. The van der Waals surface area contributed by atoms with E-state index >= 15 is 0 Å². The van der Waals surface area contributed by atoms with Gasteiger partial charge in [0.1, 0.15) is 12.3 Å². The van der Waals surface area contributed by atoms with Crippen molar-refractivity contribution in [3.63, 3.8) is 0 Å². The minimum Gasteiger partial charge on any atom is -0.497 e. The maximum absolute atomic E-state index is 13.5. The van der Waals surface area contributed by atoms with Crippen LogP contribution in [0.3, 0.4) is 0 Å². The lowest BCUT2D eigenvalue weighted by atomic mass is 10.2. The van der Waals surface area contributed by atoms with Crippen molar-refractivity contribution in [3.8, 4) is 5.75 Å². The van der Waals surface area contributed by atoms with Gasteiger partial charge in [-0.1, -0.05) is 29.3 Å². The summed E-state index contributed by atoms with van der Waals surface area (Å²) in [5.74, 6) is 1.07. The molecule has 0 aliphatic heterocycles. The molecule has 0 aromatic heterocycles. The van der Waals surface area contributed by atoms with Crippen molar-refractivity contribution in [2.45, 2.75) is 17.6 Å². The molecule has 12 heteroatoms. The molecule has 202 valence electrons. The van der Waals surface area contributed by atoms with E-state index in [-0.39, 0.29) is 10.8 Å². The Morgan fingerprint density at radius 2 is 1.68 bits per heavy atom. The van der Waals surface area contributed by atoms with Gasteiger partial charge in [-0.2, -0.15) is 11.8 Å². The number of halogens is 2. The van der Waals surface area contributed by atoms with Crippen LogP contribution in [0.15, 0.2) is 71.6 Å². The predicted octanol–water partition coefficient (Wildman–Crippen LogP) is 5.21. The summed E-state index contributed by atoms with van der Waals surface area (Å²) >= 11 is 13.7. The van der Waals surface area contributed by atoms with Crippen LogP contribution in [0, 0.1) is 0 Å². The highest BCUT2D eigenvalue weighted by Crippen LogP contribution is 2.27. The van der Waals surface area contributed by atoms with Gasteiger partial charge in [-0.05, 0) is 66.2 Å². The number of nitrogens with zero attached hydrogens (tertiary/aromatic N) is 1. The van der Waals surface area contributed by atoms with Gasteiger partial charge >= 0.3 is 0 Å². The van der Waals surface area contributed by atoms with Crippen molar-refractivity contribution in [2.75, 3.05) is 35.6 Å². The molecule has 0 saturated carbocycles. The quantitative estimate of drug-likeness (QED) is 0.279. The fraction of sp³-hybridized carbons (Fsp3) is 0.231. The molecule has 0 spiro atoms. The van der Waals surface area contributed by atoms with Gasteiger partial charge in [0, 0.05) is 40.7 Å². The van der Waals surface area contributed by atoms with Crippen LogP contribution in [0.1, 0.15) is 12.5 Å². The maximum Gasteiger partial charge on any atom is 0.264 e. The Labute approximate surface area is 236 Å². The smallest absolute Gasteiger partial charge is 0.264 e. The monoisotopic (exact) mass is 595 g/mol. The number of methoxy groups -OCH3 is 1. The Morgan fingerprint density at radius 3 is 2.29 bits per heavy atom. The minimum absolute atomic E-state index is 0.0226. The van der Waals surface area contributed by atoms with E-state index in [0.29, 0.717) is 45.2 Å². The molecule has 3 aromatic carbocycles. The highest BCUT2D eigenvalue weighted by molar-refractivity contribution is 7.98. The molecule has 0 atom stereocenters. The molecule has 0 aliphatic carbocycles. The van der Waals surface area contributed by atoms with E-state index in [4.69, 9.17) is 27.9 Å². The number of amides is 2. The first-order valence-electron chi connectivity index (χ1n) is 11.4. The number of carbonyl (C=O) groups is 2. The van der Waals surface area contributed by atoms with Gasteiger partial charge in [-0.3, -0.25) is 13.9 Å². The van der Waals surface area contributed by atoms with Gasteiger partial charge in [0.05, 0.1) is 17.7 Å². The molecule has 0 heterocycles. The lowest BCUT2D eigenvalue weighted by molar-refractivity contribution is -0.119. The molecule has 0 fully saturated rings. The number of sulfonamides is 1. The summed E-state index contributed by atoms with van der Waals surface area (Å²) < 4.78 is 33.3. The lowest BCUT2D eigenvalue weighted by Crippen LogP contribution is -2.41. The second-order valence-corrected chi connectivity index (χ2v) is 11.9. The molecule has 0 saturated heterocycles. The molecular weight excluding hydrogens is 569 g/mol. The van der Waals surface area contributed by atoms with Gasteiger partial charge in [-0.25, -0.2) is 8.42 Å². The van der Waals surface area contributed by atoms with Gasteiger partial charge < -0.3 is 15.4 Å². The Balaban J connectivity index is 1.68. The number of benzene rings is 3. The van der Waals surface area contributed by atoms with Gasteiger partial charge in [-0.15, -0.1) is 0 Å². The topological polar surface area (TPSA) is 105 Å². The summed E-state index contributed by atoms with van der Waals surface area (Å²) in [5.41, 5.74) is 1.70. The zero-order valence-corrected chi connectivity index (χ0v) is 23.9. The molecule has 3 aromatic rings. The molecule has 0 unspecified atom stereocenters. The molecule has 3 rings (SSSR count). The van der Waals surface area contributed by atoms with Crippen molar-refractivity contribution in [2.24, 2.45) is 0 Å². The summed E-state index contributed by atoms with van der Waals surface area (Å²) in [5, 5.41) is 6.52. The number of carbonyl (C=O) groups excluding carboxylic acids is 2. The van der Waals surface area contributed by atoms with Crippen LogP contribution >= 0.6 is 35.0 Å². The Bertz CT molecular complexity index is 1370. The third-order valence-electron chi connectivity index (χ3n) is 5.25. The van der Waals surface area contributed by atoms with Crippen molar-refractivity contribution in [1.29, 1.82) is 0 Å². The average molecular weight is 597 g/mol. The van der Waals surface area contributed by atoms with Gasteiger partial charge in [0.25, 0.3) is 10.0 Å². The molecule has 2 amide bonds. The zero-order chi connectivity index (χ0) is 27.7. The second-order valence-electron chi connectivity index (χ2n) is 8.05. The van der Waals surface area contributed by atoms with Crippen LogP contribution in [0.4, 0.5) is 11.4 Å². The van der Waals surface area contributed by atoms with E-state index in [9.17, 15) is 18.0 Å². The predicted molar refractivity (Wildman–Crippen MR) is 154 cm³/mol. The Kier molecular flexibility index (Phi) is 10.7. The summed E-state index contributed by atoms with van der Waals surface area (Å²) in [7, 11) is -2.60. The second kappa shape index (κ2) is 13.7. The van der Waals surface area contributed by atoms with Crippen LogP contribution < -0.4 is 19.7 Å². The van der Waals surface area contributed by atoms with Crippen LogP contribution in [0.5, 0.6) is 5.75 Å². The number of rotatable bonds is 12. The average Bonchev–Trinajstić information content (AvgIpc) is 2.88. The highest BCUT2D eigenvalue weighted by Gasteiger charge is 2.27. The molecule has 0 bridgehead atoms. The van der Waals surface area contributed by atoms with E-state index in [2.05, 4.69) is 10.6 Å². The fourth-order valence-corrected chi connectivity index (χ4v) is 6.21. The lowest BCUT2D eigenvalue weighted by Gasteiger charge is -2.24. The Morgan fingerprint density at radius 1 is 1.00 bits per heavy atom. The van der Waals surface area contributed by atoms with Crippen LogP contribution in [-0.4, -0.2) is 46.2 Å². The summed E-state index contributed by atoms with van der Waals surface area (Å²) in [6.07, 6.45) is 0. The number of ether oxygens (including phenoxy) is 1. The Hall–Kier alpha value is -2.92. The molecule has 38 heavy (non-hydrogen) atoms. The molecule has 0 radical (unpaired) electrons. The highest BCUT2D eigenvalue weighted by atomic mass is 35.5. The number of nitrogens with one attached hydrogen (secondary N) is 2. The first-order chi connectivity index (χ1) is 18.1. The summed E-state index contributed by atoms with van der Waals surface area (Å²) in [4.78, 5) is 24.1. The fourth-order valence-electron chi connectivity index (χ4n) is 3.37. The molecule has 8 nitrogen and oxygen atoms in total. The van der Waals surface area contributed by atoms with Gasteiger partial charge in [0.15, 0.2) is 0 Å². The molecular formula is C26H27Cl2N3O5S2. The number of thioether (sulfide) groups is 1. The summed E-state index contributed by atoms with van der Waals surface area (Å²) in [6, 6.07) is 17.4. The van der Waals surface area contributed by atoms with Crippen molar-refractivity contribution in [1.82, 2.24) is 5.32 Å². The number of hydrogen-bond donors (Lipinski definition) is 2. The minimum atomic E-state index is -4.11. The zero-order valence-electron chi connectivity index (χ0n) is 20.7. The normalized spacial score (nSPS) is 11.1. The first-order valence-corrected chi connectivity index (χ1v) is 14.8. The van der Waals surface area contributed by atoms with Crippen LogP contribution in [-0.2, 0) is 25.4 Å².